The summed E-state index contributed by atoms with van der Waals surface area (Å²) in [5.41, 5.74) is 0.921. The molecule has 1 aromatic carbocycles. The van der Waals surface area contributed by atoms with E-state index in [1.165, 1.54) is 0 Å². The molecule has 1 saturated heterocycles. The lowest BCUT2D eigenvalue weighted by atomic mass is 9.98. The Kier molecular flexibility index (Phi) is 3.64. The van der Waals surface area contributed by atoms with Gasteiger partial charge in [-0.05, 0) is 43.6 Å². The smallest absolute Gasteiger partial charge is 0.220 e. The summed E-state index contributed by atoms with van der Waals surface area (Å²) in [5, 5.41) is 15.5. The fourth-order valence-electron chi connectivity index (χ4n) is 1.93. The van der Waals surface area contributed by atoms with Gasteiger partial charge >= 0.3 is 0 Å². The number of phenols is 1. The maximum atomic E-state index is 11.7. The molecule has 4 heteroatoms. The Bertz CT molecular complexity index is 402. The first-order valence-corrected chi connectivity index (χ1v) is 5.94. The van der Waals surface area contributed by atoms with Crippen molar-refractivity contribution >= 4 is 5.91 Å². The number of amides is 1. The number of aromatic hydroxyl groups is 1. The summed E-state index contributed by atoms with van der Waals surface area (Å²) in [5.74, 6) is 0.783. The van der Waals surface area contributed by atoms with Crippen LogP contribution in [-0.2, 0) is 4.79 Å². The Morgan fingerprint density at radius 2 is 2.35 bits per heavy atom. The Balaban J connectivity index is 1.87. The maximum Gasteiger partial charge on any atom is 0.220 e. The Hall–Kier alpha value is -1.55. The molecular formula is C13H18N2O2. The lowest BCUT2D eigenvalue weighted by molar-refractivity contribution is -0.123. The van der Waals surface area contributed by atoms with Crippen LogP contribution in [0.3, 0.4) is 0 Å². The van der Waals surface area contributed by atoms with Gasteiger partial charge in [-0.25, -0.2) is 0 Å². The molecule has 1 aromatic rings. The molecule has 1 unspecified atom stereocenters. The molecule has 0 radical (unpaired) electrons. The topological polar surface area (TPSA) is 61.4 Å². The normalized spacial score (nSPS) is 17.2. The molecule has 2 rings (SSSR count). The van der Waals surface area contributed by atoms with E-state index in [2.05, 4.69) is 10.6 Å². The SMILES string of the molecule is CC(NC(=O)CC1CNC1)c1cccc(O)c1. The van der Waals surface area contributed by atoms with Gasteiger partial charge < -0.3 is 15.7 Å². The molecule has 3 N–H and O–H groups in total. The first kappa shape index (κ1) is 11.9. The van der Waals surface area contributed by atoms with Crippen LogP contribution in [0.2, 0.25) is 0 Å². The Labute approximate surface area is 101 Å². The second-order valence-corrected chi connectivity index (χ2v) is 4.61. The highest BCUT2D eigenvalue weighted by Gasteiger charge is 2.21. The molecule has 1 atom stereocenters. The third kappa shape index (κ3) is 3.20. The molecule has 1 fully saturated rings. The number of carbonyl (C=O) groups is 1. The monoisotopic (exact) mass is 234 g/mol. The minimum Gasteiger partial charge on any atom is -0.508 e. The average Bonchev–Trinajstić information content (AvgIpc) is 2.23. The highest BCUT2D eigenvalue weighted by molar-refractivity contribution is 5.76. The maximum absolute atomic E-state index is 11.7. The molecule has 0 aliphatic carbocycles. The Morgan fingerprint density at radius 1 is 1.59 bits per heavy atom. The van der Waals surface area contributed by atoms with Crippen LogP contribution in [-0.4, -0.2) is 24.1 Å². The number of nitrogens with one attached hydrogen (secondary N) is 2. The number of benzene rings is 1. The molecule has 0 spiro atoms. The molecule has 17 heavy (non-hydrogen) atoms. The molecule has 0 saturated carbocycles. The minimum atomic E-state index is -0.0670. The summed E-state index contributed by atoms with van der Waals surface area (Å²) in [4.78, 5) is 11.7. The lowest BCUT2D eigenvalue weighted by Gasteiger charge is -2.27. The molecular weight excluding hydrogens is 216 g/mol. The summed E-state index contributed by atoms with van der Waals surface area (Å²) in [7, 11) is 0. The largest absolute Gasteiger partial charge is 0.508 e. The van der Waals surface area contributed by atoms with Crippen LogP contribution in [0.5, 0.6) is 5.75 Å². The quantitative estimate of drug-likeness (QED) is 0.733. The van der Waals surface area contributed by atoms with Gasteiger partial charge in [0.25, 0.3) is 0 Å². The van der Waals surface area contributed by atoms with Crippen molar-refractivity contribution in [2.24, 2.45) is 5.92 Å². The lowest BCUT2D eigenvalue weighted by Crippen LogP contribution is -2.44. The first-order chi connectivity index (χ1) is 8.15. The predicted octanol–water partition coefficient (Wildman–Crippen LogP) is 1.18. The summed E-state index contributed by atoms with van der Waals surface area (Å²) >= 11 is 0. The third-order valence-corrected chi connectivity index (χ3v) is 3.09. The van der Waals surface area contributed by atoms with Gasteiger partial charge in [0.15, 0.2) is 0 Å². The van der Waals surface area contributed by atoms with Gasteiger partial charge in [-0.1, -0.05) is 12.1 Å². The van der Waals surface area contributed by atoms with Gasteiger partial charge in [0.2, 0.25) is 5.91 Å². The van der Waals surface area contributed by atoms with Crippen molar-refractivity contribution in [2.45, 2.75) is 19.4 Å². The minimum absolute atomic E-state index is 0.0670. The molecule has 1 aliphatic rings. The van der Waals surface area contributed by atoms with E-state index < -0.39 is 0 Å². The molecule has 0 bridgehead atoms. The molecule has 4 nitrogen and oxygen atoms in total. The van der Waals surface area contributed by atoms with Crippen LogP contribution in [0.1, 0.15) is 24.9 Å². The molecule has 1 amide bonds. The summed E-state index contributed by atoms with van der Waals surface area (Å²) < 4.78 is 0. The van der Waals surface area contributed by atoms with E-state index in [-0.39, 0.29) is 17.7 Å². The van der Waals surface area contributed by atoms with Crippen molar-refractivity contribution in [1.29, 1.82) is 0 Å². The van der Waals surface area contributed by atoms with Crippen LogP contribution in [0.25, 0.3) is 0 Å². The van der Waals surface area contributed by atoms with Crippen molar-refractivity contribution < 1.29 is 9.90 Å². The van der Waals surface area contributed by atoms with Crippen molar-refractivity contribution in [3.05, 3.63) is 29.8 Å². The average molecular weight is 234 g/mol. The van der Waals surface area contributed by atoms with Crippen molar-refractivity contribution in [3.63, 3.8) is 0 Å². The van der Waals surface area contributed by atoms with Gasteiger partial charge in [0.1, 0.15) is 5.75 Å². The van der Waals surface area contributed by atoms with Crippen LogP contribution < -0.4 is 10.6 Å². The number of hydrogen-bond donors (Lipinski definition) is 3. The summed E-state index contributed by atoms with van der Waals surface area (Å²) in [6.07, 6.45) is 0.580. The zero-order chi connectivity index (χ0) is 12.3. The summed E-state index contributed by atoms with van der Waals surface area (Å²) in [6.45, 7) is 3.80. The number of rotatable bonds is 4. The predicted molar refractivity (Wildman–Crippen MR) is 65.6 cm³/mol. The zero-order valence-corrected chi connectivity index (χ0v) is 9.94. The number of carbonyl (C=O) groups excluding carboxylic acids is 1. The zero-order valence-electron chi connectivity index (χ0n) is 9.94. The first-order valence-electron chi connectivity index (χ1n) is 5.94. The van der Waals surface area contributed by atoms with Crippen LogP contribution in [0, 0.1) is 5.92 Å². The molecule has 0 aromatic heterocycles. The fourth-order valence-corrected chi connectivity index (χ4v) is 1.93. The van der Waals surface area contributed by atoms with E-state index in [1.807, 2.05) is 13.0 Å². The van der Waals surface area contributed by atoms with Crippen molar-refractivity contribution in [2.75, 3.05) is 13.1 Å². The molecule has 1 aliphatic heterocycles. The van der Waals surface area contributed by atoms with Gasteiger partial charge in [0.05, 0.1) is 6.04 Å². The third-order valence-electron chi connectivity index (χ3n) is 3.09. The highest BCUT2D eigenvalue weighted by atomic mass is 16.3. The van der Waals surface area contributed by atoms with Crippen LogP contribution in [0.4, 0.5) is 0 Å². The standard InChI is InChI=1S/C13H18N2O2/c1-9(11-3-2-4-12(16)6-11)15-13(17)5-10-7-14-8-10/h2-4,6,9-10,14,16H,5,7-8H2,1H3,(H,15,17). The second kappa shape index (κ2) is 5.19. The van der Waals surface area contributed by atoms with Crippen molar-refractivity contribution in [1.82, 2.24) is 10.6 Å². The van der Waals surface area contributed by atoms with Crippen LogP contribution >= 0.6 is 0 Å². The second-order valence-electron chi connectivity index (χ2n) is 4.61. The molecule has 92 valence electrons. The van der Waals surface area contributed by atoms with Crippen LogP contribution in [0.15, 0.2) is 24.3 Å². The highest BCUT2D eigenvalue weighted by Crippen LogP contribution is 2.18. The fraction of sp³-hybridized carbons (Fsp3) is 0.462. The van der Waals surface area contributed by atoms with E-state index >= 15 is 0 Å². The Morgan fingerprint density at radius 3 is 2.94 bits per heavy atom. The van der Waals surface area contributed by atoms with E-state index in [9.17, 15) is 9.90 Å². The van der Waals surface area contributed by atoms with Gasteiger partial charge in [-0.15, -0.1) is 0 Å². The van der Waals surface area contributed by atoms with E-state index in [0.717, 1.165) is 18.7 Å². The number of phenolic OH excluding ortho intramolecular Hbond substituents is 1. The van der Waals surface area contributed by atoms with E-state index in [0.29, 0.717) is 12.3 Å². The van der Waals surface area contributed by atoms with Gasteiger partial charge in [0, 0.05) is 6.42 Å². The number of hydrogen-bond acceptors (Lipinski definition) is 3. The van der Waals surface area contributed by atoms with E-state index in [1.54, 1.807) is 18.2 Å². The van der Waals surface area contributed by atoms with Gasteiger partial charge in [-0.2, -0.15) is 0 Å². The van der Waals surface area contributed by atoms with Crippen molar-refractivity contribution in [3.8, 4) is 5.75 Å². The van der Waals surface area contributed by atoms with E-state index in [4.69, 9.17) is 0 Å². The summed E-state index contributed by atoms with van der Waals surface area (Å²) in [6, 6.07) is 6.91. The van der Waals surface area contributed by atoms with Gasteiger partial charge in [-0.3, -0.25) is 4.79 Å². The molecule has 1 heterocycles.